The Hall–Kier alpha value is -1.68. The van der Waals surface area contributed by atoms with E-state index in [-0.39, 0.29) is 5.78 Å². The first-order valence-corrected chi connectivity index (χ1v) is 8.49. The van der Waals surface area contributed by atoms with Crippen molar-refractivity contribution in [2.24, 2.45) is 0 Å². The highest BCUT2D eigenvalue weighted by Crippen LogP contribution is 2.56. The van der Waals surface area contributed by atoms with Crippen LogP contribution in [0.3, 0.4) is 0 Å². The molecule has 1 N–H and O–H groups in total. The van der Waals surface area contributed by atoms with Crippen LogP contribution in [0, 0.1) is 0 Å². The number of ketones is 1. The molecule has 4 rings (SSSR count). The highest BCUT2D eigenvalue weighted by Gasteiger charge is 2.41. The molecule has 0 saturated heterocycles. The van der Waals surface area contributed by atoms with Crippen molar-refractivity contribution in [3.63, 3.8) is 0 Å². The Morgan fingerprint density at radius 1 is 1.27 bits per heavy atom. The summed E-state index contributed by atoms with van der Waals surface area (Å²) in [5, 5.41) is 3.44. The topological polar surface area (TPSA) is 42.0 Å². The molecule has 1 aromatic heterocycles. The van der Waals surface area contributed by atoms with Gasteiger partial charge in [0.15, 0.2) is 5.78 Å². The SMILES string of the molecule is CC(=O)c1cnc(Nc2cccc(Br)c2)c2c1C1CCC2C1. The number of hydrogen-bond donors (Lipinski definition) is 1. The number of pyridine rings is 1. The second-order valence-electron chi connectivity index (χ2n) is 6.25. The molecule has 0 spiro atoms. The van der Waals surface area contributed by atoms with Gasteiger partial charge < -0.3 is 5.32 Å². The molecule has 112 valence electrons. The molecule has 3 nitrogen and oxygen atoms in total. The normalized spacial score (nSPS) is 21.7. The Kier molecular flexibility index (Phi) is 3.30. The number of rotatable bonds is 3. The molecule has 2 aromatic rings. The lowest BCUT2D eigenvalue weighted by Gasteiger charge is -2.21. The number of benzene rings is 1. The third-order valence-corrected chi connectivity index (χ3v) is 5.37. The smallest absolute Gasteiger partial charge is 0.161 e. The molecular weight excluding hydrogens is 340 g/mol. The van der Waals surface area contributed by atoms with Crippen LogP contribution in [0.4, 0.5) is 11.5 Å². The highest BCUT2D eigenvalue weighted by molar-refractivity contribution is 9.10. The number of halogens is 1. The van der Waals surface area contributed by atoms with Crippen LogP contribution in [-0.4, -0.2) is 10.8 Å². The van der Waals surface area contributed by atoms with Crippen molar-refractivity contribution in [1.29, 1.82) is 0 Å². The van der Waals surface area contributed by atoms with E-state index >= 15 is 0 Å². The summed E-state index contributed by atoms with van der Waals surface area (Å²) in [5.41, 5.74) is 4.38. The molecule has 1 heterocycles. The fourth-order valence-electron chi connectivity index (χ4n) is 3.98. The van der Waals surface area contributed by atoms with E-state index in [2.05, 4.69) is 26.2 Å². The highest BCUT2D eigenvalue weighted by atomic mass is 79.9. The zero-order valence-electron chi connectivity index (χ0n) is 12.4. The summed E-state index contributed by atoms with van der Waals surface area (Å²) >= 11 is 3.50. The van der Waals surface area contributed by atoms with Crippen LogP contribution in [-0.2, 0) is 0 Å². The minimum atomic E-state index is 0.130. The van der Waals surface area contributed by atoms with Crippen LogP contribution in [0.15, 0.2) is 34.9 Å². The molecule has 22 heavy (non-hydrogen) atoms. The number of nitrogens with one attached hydrogen (secondary N) is 1. The largest absolute Gasteiger partial charge is 0.340 e. The lowest BCUT2D eigenvalue weighted by Crippen LogP contribution is -2.10. The standard InChI is InChI=1S/C18H17BrN2O/c1-10(22)15-9-20-18(21-14-4-2-3-13(19)8-14)17-12-6-5-11(7-12)16(15)17/h2-4,8-9,11-12H,5-7H2,1H3,(H,20,21). The first kappa shape index (κ1) is 13.9. The molecule has 1 saturated carbocycles. The van der Waals surface area contributed by atoms with Gasteiger partial charge in [0.2, 0.25) is 0 Å². The fourth-order valence-corrected chi connectivity index (χ4v) is 4.38. The van der Waals surface area contributed by atoms with E-state index in [1.165, 1.54) is 30.4 Å². The lowest BCUT2D eigenvalue weighted by molar-refractivity contribution is 0.101. The zero-order valence-corrected chi connectivity index (χ0v) is 14.0. The molecule has 2 unspecified atom stereocenters. The summed E-state index contributed by atoms with van der Waals surface area (Å²) in [4.78, 5) is 16.5. The van der Waals surface area contributed by atoms with Crippen LogP contribution in [0.2, 0.25) is 0 Å². The minimum absolute atomic E-state index is 0.130. The van der Waals surface area contributed by atoms with Gasteiger partial charge >= 0.3 is 0 Å². The predicted molar refractivity (Wildman–Crippen MR) is 91.0 cm³/mol. The van der Waals surface area contributed by atoms with Crippen LogP contribution in [0.5, 0.6) is 0 Å². The molecule has 0 aliphatic heterocycles. The van der Waals surface area contributed by atoms with E-state index in [1.807, 2.05) is 24.3 Å². The number of carbonyl (C=O) groups excluding carboxylic acids is 1. The van der Waals surface area contributed by atoms with Crippen molar-refractivity contribution in [3.05, 3.63) is 51.6 Å². The van der Waals surface area contributed by atoms with Gasteiger partial charge in [0.25, 0.3) is 0 Å². The predicted octanol–water partition coefficient (Wildman–Crippen LogP) is 5.16. The Morgan fingerprint density at radius 2 is 2.05 bits per heavy atom. The van der Waals surface area contributed by atoms with Gasteiger partial charge in [-0.3, -0.25) is 4.79 Å². The third kappa shape index (κ3) is 2.17. The van der Waals surface area contributed by atoms with Gasteiger partial charge in [-0.05, 0) is 61.8 Å². The maximum absolute atomic E-state index is 11.9. The Balaban J connectivity index is 1.80. The molecule has 0 amide bonds. The van der Waals surface area contributed by atoms with E-state index in [4.69, 9.17) is 0 Å². The van der Waals surface area contributed by atoms with E-state index in [0.29, 0.717) is 11.8 Å². The van der Waals surface area contributed by atoms with Gasteiger partial charge in [-0.1, -0.05) is 22.0 Å². The van der Waals surface area contributed by atoms with E-state index < -0.39 is 0 Å². The zero-order chi connectivity index (χ0) is 15.3. The monoisotopic (exact) mass is 356 g/mol. The third-order valence-electron chi connectivity index (χ3n) is 4.87. The Bertz CT molecular complexity index is 772. The summed E-state index contributed by atoms with van der Waals surface area (Å²) < 4.78 is 1.04. The summed E-state index contributed by atoms with van der Waals surface area (Å²) in [6, 6.07) is 8.08. The van der Waals surface area contributed by atoms with Gasteiger partial charge in [-0.15, -0.1) is 0 Å². The van der Waals surface area contributed by atoms with Gasteiger partial charge in [-0.2, -0.15) is 0 Å². The summed E-state index contributed by atoms with van der Waals surface area (Å²) in [6.07, 6.45) is 5.35. The number of aromatic nitrogens is 1. The van der Waals surface area contributed by atoms with Gasteiger partial charge in [0.05, 0.1) is 0 Å². The average molecular weight is 357 g/mol. The van der Waals surface area contributed by atoms with Crippen molar-refractivity contribution in [2.45, 2.75) is 38.0 Å². The number of Topliss-reactive ketones (excluding diaryl/α,β-unsaturated/α-hetero) is 1. The number of carbonyl (C=O) groups is 1. The number of nitrogens with zero attached hydrogens (tertiary/aromatic N) is 1. The molecule has 2 aliphatic carbocycles. The van der Waals surface area contributed by atoms with Crippen LogP contribution >= 0.6 is 15.9 Å². The molecule has 4 heteroatoms. The number of fused-ring (bicyclic) bond motifs is 5. The minimum Gasteiger partial charge on any atom is -0.340 e. The summed E-state index contributed by atoms with van der Waals surface area (Å²) in [6.45, 7) is 1.64. The molecule has 0 radical (unpaired) electrons. The Morgan fingerprint density at radius 3 is 2.77 bits per heavy atom. The first-order valence-electron chi connectivity index (χ1n) is 7.70. The van der Waals surface area contributed by atoms with Crippen LogP contribution < -0.4 is 5.32 Å². The van der Waals surface area contributed by atoms with Gasteiger partial charge in [0, 0.05) is 27.5 Å². The maximum atomic E-state index is 11.9. The van der Waals surface area contributed by atoms with E-state index in [9.17, 15) is 4.79 Å². The van der Waals surface area contributed by atoms with Crippen LogP contribution in [0.1, 0.15) is 59.5 Å². The summed E-state index contributed by atoms with van der Waals surface area (Å²) in [7, 11) is 0. The molecule has 1 aromatic carbocycles. The molecule has 2 aliphatic rings. The Labute approximate surface area is 138 Å². The molecule has 1 fully saturated rings. The van der Waals surface area contributed by atoms with Crippen molar-refractivity contribution >= 4 is 33.2 Å². The first-order chi connectivity index (χ1) is 10.6. The lowest BCUT2D eigenvalue weighted by atomic mass is 9.88. The van der Waals surface area contributed by atoms with Crippen molar-refractivity contribution in [3.8, 4) is 0 Å². The van der Waals surface area contributed by atoms with Crippen molar-refractivity contribution in [2.75, 3.05) is 5.32 Å². The average Bonchev–Trinajstić information content (AvgIpc) is 3.09. The van der Waals surface area contributed by atoms with E-state index in [1.54, 1.807) is 13.1 Å². The quantitative estimate of drug-likeness (QED) is 0.772. The number of hydrogen-bond acceptors (Lipinski definition) is 3. The van der Waals surface area contributed by atoms with Crippen molar-refractivity contribution < 1.29 is 4.79 Å². The second kappa shape index (κ2) is 5.20. The van der Waals surface area contributed by atoms with Crippen LogP contribution in [0.25, 0.3) is 0 Å². The summed E-state index contributed by atoms with van der Waals surface area (Å²) in [5.74, 6) is 2.15. The van der Waals surface area contributed by atoms with Gasteiger partial charge in [-0.25, -0.2) is 4.98 Å². The van der Waals surface area contributed by atoms with Crippen molar-refractivity contribution in [1.82, 2.24) is 4.98 Å². The molecular formula is C18H17BrN2O. The van der Waals surface area contributed by atoms with Gasteiger partial charge in [0.1, 0.15) is 5.82 Å². The molecule has 2 bridgehead atoms. The maximum Gasteiger partial charge on any atom is 0.161 e. The fraction of sp³-hybridized carbons (Fsp3) is 0.333. The van der Waals surface area contributed by atoms with E-state index in [0.717, 1.165) is 21.5 Å². The second-order valence-corrected chi connectivity index (χ2v) is 7.16. The number of anilines is 2. The molecule has 2 atom stereocenters.